The number of hydrogen-bond donors (Lipinski definition) is 0. The first-order valence-electron chi connectivity index (χ1n) is 4.44. The van der Waals surface area contributed by atoms with Crippen LogP contribution in [0.1, 0.15) is 18.1 Å². The van der Waals surface area contributed by atoms with Crippen molar-refractivity contribution in [3.63, 3.8) is 0 Å². The summed E-state index contributed by atoms with van der Waals surface area (Å²) in [6.07, 6.45) is -0.219. The van der Waals surface area contributed by atoms with Gasteiger partial charge in [-0.25, -0.2) is 8.78 Å². The van der Waals surface area contributed by atoms with Crippen LogP contribution in [0.3, 0.4) is 0 Å². The van der Waals surface area contributed by atoms with Crippen molar-refractivity contribution >= 4 is 0 Å². The standard InChI is InChI=1S/C11H14F2O/c1-8-6-10(14-3)5-4-9(8)7-11(2,12)13/h4-6H,7H2,1-3H3. The Morgan fingerprint density at radius 3 is 2.43 bits per heavy atom. The van der Waals surface area contributed by atoms with E-state index in [1.54, 1.807) is 25.3 Å². The predicted octanol–water partition coefficient (Wildman–Crippen LogP) is 3.20. The van der Waals surface area contributed by atoms with E-state index in [-0.39, 0.29) is 6.42 Å². The molecule has 0 radical (unpaired) electrons. The van der Waals surface area contributed by atoms with Crippen molar-refractivity contribution in [2.24, 2.45) is 0 Å². The molecule has 0 saturated carbocycles. The molecular formula is C11H14F2O. The lowest BCUT2D eigenvalue weighted by atomic mass is 10.0. The van der Waals surface area contributed by atoms with Crippen molar-refractivity contribution in [1.29, 1.82) is 0 Å². The van der Waals surface area contributed by atoms with Crippen molar-refractivity contribution in [2.75, 3.05) is 7.11 Å². The van der Waals surface area contributed by atoms with Crippen molar-refractivity contribution in [3.05, 3.63) is 29.3 Å². The summed E-state index contributed by atoms with van der Waals surface area (Å²) in [5.41, 5.74) is 1.50. The molecule has 0 fully saturated rings. The van der Waals surface area contributed by atoms with Crippen LogP contribution in [-0.2, 0) is 6.42 Å². The second-order valence-electron chi connectivity index (χ2n) is 3.54. The first-order chi connectivity index (χ1) is 6.42. The van der Waals surface area contributed by atoms with Gasteiger partial charge in [0.2, 0.25) is 5.92 Å². The third kappa shape index (κ3) is 2.98. The molecule has 0 aliphatic heterocycles. The lowest BCUT2D eigenvalue weighted by Gasteiger charge is -2.12. The van der Waals surface area contributed by atoms with Crippen LogP contribution >= 0.6 is 0 Å². The largest absolute Gasteiger partial charge is 0.497 e. The maximum absolute atomic E-state index is 12.7. The Morgan fingerprint density at radius 1 is 1.36 bits per heavy atom. The number of hydrogen-bond acceptors (Lipinski definition) is 1. The van der Waals surface area contributed by atoms with Gasteiger partial charge < -0.3 is 4.74 Å². The highest BCUT2D eigenvalue weighted by atomic mass is 19.3. The smallest absolute Gasteiger partial charge is 0.249 e. The van der Waals surface area contributed by atoms with Gasteiger partial charge in [-0.15, -0.1) is 0 Å². The van der Waals surface area contributed by atoms with E-state index in [4.69, 9.17) is 4.74 Å². The van der Waals surface area contributed by atoms with Gasteiger partial charge in [-0.3, -0.25) is 0 Å². The molecule has 3 heteroatoms. The summed E-state index contributed by atoms with van der Waals surface area (Å²) in [6.45, 7) is 2.74. The highest BCUT2D eigenvalue weighted by molar-refractivity contribution is 5.35. The van der Waals surface area contributed by atoms with E-state index in [9.17, 15) is 8.78 Å². The molecule has 0 amide bonds. The molecule has 0 heterocycles. The van der Waals surface area contributed by atoms with Crippen LogP contribution in [0.5, 0.6) is 5.75 Å². The highest BCUT2D eigenvalue weighted by Gasteiger charge is 2.22. The average Bonchev–Trinajstić information content (AvgIpc) is 2.06. The SMILES string of the molecule is COc1ccc(CC(C)(F)F)c(C)c1. The van der Waals surface area contributed by atoms with Gasteiger partial charge in [0.05, 0.1) is 7.11 Å². The minimum atomic E-state index is -2.65. The number of rotatable bonds is 3. The average molecular weight is 200 g/mol. The Hall–Kier alpha value is -1.12. The lowest BCUT2D eigenvalue weighted by Crippen LogP contribution is -2.14. The molecule has 0 unspecified atom stereocenters. The molecule has 1 rings (SSSR count). The van der Waals surface area contributed by atoms with Crippen LogP contribution in [0.4, 0.5) is 8.78 Å². The Balaban J connectivity index is 2.89. The van der Waals surface area contributed by atoms with Crippen LogP contribution < -0.4 is 4.74 Å². The van der Waals surface area contributed by atoms with E-state index in [1.165, 1.54) is 0 Å². The number of alkyl halides is 2. The summed E-state index contributed by atoms with van der Waals surface area (Å²) in [6, 6.07) is 5.15. The fraction of sp³-hybridized carbons (Fsp3) is 0.455. The third-order valence-corrected chi connectivity index (χ3v) is 2.05. The van der Waals surface area contributed by atoms with Crippen molar-refractivity contribution in [3.8, 4) is 5.75 Å². The van der Waals surface area contributed by atoms with E-state index < -0.39 is 5.92 Å². The van der Waals surface area contributed by atoms with E-state index in [2.05, 4.69) is 0 Å². The summed E-state index contributed by atoms with van der Waals surface area (Å²) in [4.78, 5) is 0. The highest BCUT2D eigenvalue weighted by Crippen LogP contribution is 2.23. The maximum atomic E-state index is 12.7. The van der Waals surface area contributed by atoms with Gasteiger partial charge in [0.1, 0.15) is 5.75 Å². The number of ether oxygens (including phenoxy) is 1. The molecule has 0 aliphatic carbocycles. The minimum absolute atomic E-state index is 0.219. The number of halogens is 2. The number of benzene rings is 1. The lowest BCUT2D eigenvalue weighted by molar-refractivity contribution is 0.0224. The summed E-state index contributed by atoms with van der Waals surface area (Å²) in [7, 11) is 1.56. The zero-order chi connectivity index (χ0) is 10.8. The summed E-state index contributed by atoms with van der Waals surface area (Å²) < 4.78 is 30.5. The maximum Gasteiger partial charge on any atom is 0.249 e. The molecular weight excluding hydrogens is 186 g/mol. The van der Waals surface area contributed by atoms with Crippen LogP contribution in [0.15, 0.2) is 18.2 Å². The zero-order valence-corrected chi connectivity index (χ0v) is 8.60. The topological polar surface area (TPSA) is 9.23 Å². The van der Waals surface area contributed by atoms with E-state index in [0.29, 0.717) is 11.3 Å². The molecule has 0 aliphatic rings. The molecule has 0 atom stereocenters. The van der Waals surface area contributed by atoms with Crippen LogP contribution in [-0.4, -0.2) is 13.0 Å². The second-order valence-corrected chi connectivity index (χ2v) is 3.54. The van der Waals surface area contributed by atoms with E-state index >= 15 is 0 Å². The molecule has 0 bridgehead atoms. The van der Waals surface area contributed by atoms with Crippen molar-refractivity contribution < 1.29 is 13.5 Å². The Labute approximate surface area is 82.7 Å². The molecule has 1 aromatic rings. The Morgan fingerprint density at radius 2 is 2.00 bits per heavy atom. The predicted molar refractivity (Wildman–Crippen MR) is 52.1 cm³/mol. The minimum Gasteiger partial charge on any atom is -0.497 e. The van der Waals surface area contributed by atoms with Gasteiger partial charge in [0, 0.05) is 6.42 Å². The van der Waals surface area contributed by atoms with Gasteiger partial charge in [-0.1, -0.05) is 6.07 Å². The molecule has 0 saturated heterocycles. The first-order valence-corrected chi connectivity index (χ1v) is 4.44. The fourth-order valence-corrected chi connectivity index (χ4v) is 1.33. The summed E-state index contributed by atoms with van der Waals surface area (Å²) >= 11 is 0. The van der Waals surface area contributed by atoms with Crippen molar-refractivity contribution in [2.45, 2.75) is 26.2 Å². The first kappa shape index (κ1) is 11.0. The molecule has 14 heavy (non-hydrogen) atoms. The number of aryl methyl sites for hydroxylation is 1. The molecule has 1 nitrogen and oxygen atoms in total. The second kappa shape index (κ2) is 3.95. The fourth-order valence-electron chi connectivity index (χ4n) is 1.33. The Kier molecular flexibility index (Phi) is 3.09. The summed E-state index contributed by atoms with van der Waals surface area (Å²) in [5, 5.41) is 0. The Bertz CT molecular complexity index is 316. The normalized spacial score (nSPS) is 11.5. The summed E-state index contributed by atoms with van der Waals surface area (Å²) in [5.74, 6) is -1.95. The molecule has 1 aromatic carbocycles. The van der Waals surface area contributed by atoms with E-state index in [0.717, 1.165) is 12.5 Å². The monoisotopic (exact) mass is 200 g/mol. The number of methoxy groups -OCH3 is 1. The van der Waals surface area contributed by atoms with E-state index in [1.807, 2.05) is 6.92 Å². The van der Waals surface area contributed by atoms with Gasteiger partial charge >= 0.3 is 0 Å². The van der Waals surface area contributed by atoms with Gasteiger partial charge in [-0.2, -0.15) is 0 Å². The van der Waals surface area contributed by atoms with Gasteiger partial charge in [0.15, 0.2) is 0 Å². The zero-order valence-electron chi connectivity index (χ0n) is 8.60. The van der Waals surface area contributed by atoms with Crippen LogP contribution in [0.2, 0.25) is 0 Å². The van der Waals surface area contributed by atoms with Crippen LogP contribution in [0, 0.1) is 6.92 Å². The van der Waals surface area contributed by atoms with Crippen LogP contribution in [0.25, 0.3) is 0 Å². The van der Waals surface area contributed by atoms with Crippen molar-refractivity contribution in [1.82, 2.24) is 0 Å². The van der Waals surface area contributed by atoms with Gasteiger partial charge in [-0.05, 0) is 37.1 Å². The molecule has 0 spiro atoms. The third-order valence-electron chi connectivity index (χ3n) is 2.05. The molecule has 0 aromatic heterocycles. The van der Waals surface area contributed by atoms with Gasteiger partial charge in [0.25, 0.3) is 0 Å². The quantitative estimate of drug-likeness (QED) is 0.728. The molecule has 78 valence electrons. The molecule has 0 N–H and O–H groups in total.